The molecule has 5 heteroatoms. The van der Waals surface area contributed by atoms with Gasteiger partial charge >= 0.3 is 0 Å². The number of carbonyl (C=O) groups excluding carboxylic acids is 2. The number of ketones is 2. The Hall–Kier alpha value is -1.33. The molecule has 108 valence electrons. The van der Waals surface area contributed by atoms with Gasteiger partial charge in [-0.05, 0) is 18.4 Å². The number of hydrogen-bond acceptors (Lipinski definition) is 5. The maximum absolute atomic E-state index is 12.1. The Balaban J connectivity index is 1.76. The van der Waals surface area contributed by atoms with Gasteiger partial charge in [-0.3, -0.25) is 14.6 Å². The Bertz CT molecular complexity index is 506. The fraction of sp³-hybridized carbons (Fsp3) is 0.667. The maximum atomic E-state index is 12.1. The van der Waals surface area contributed by atoms with Crippen LogP contribution in [0.15, 0.2) is 16.1 Å². The Morgan fingerprint density at radius 3 is 2.95 bits per heavy atom. The standard InChI is InChI=1S/C15H19NO4/c1-19-5-6-20-14-8-11-9(7-13(14)18)15-10(16-11)3-2-4-12(15)17/h10,14H,2-8H2,1H3. The van der Waals surface area contributed by atoms with E-state index in [1.165, 1.54) is 0 Å². The third kappa shape index (κ3) is 2.36. The van der Waals surface area contributed by atoms with Gasteiger partial charge in [-0.1, -0.05) is 0 Å². The molecule has 2 unspecified atom stereocenters. The summed E-state index contributed by atoms with van der Waals surface area (Å²) in [5, 5.41) is 0. The predicted molar refractivity (Wildman–Crippen MR) is 73.0 cm³/mol. The zero-order valence-electron chi connectivity index (χ0n) is 11.7. The lowest BCUT2D eigenvalue weighted by Crippen LogP contribution is -2.34. The molecule has 20 heavy (non-hydrogen) atoms. The minimum Gasteiger partial charge on any atom is -0.382 e. The Kier molecular flexibility index (Phi) is 3.81. The quantitative estimate of drug-likeness (QED) is 0.725. The molecule has 2 saturated carbocycles. The van der Waals surface area contributed by atoms with E-state index in [0.29, 0.717) is 32.5 Å². The number of nitrogens with zero attached hydrogens (tertiary/aromatic N) is 1. The van der Waals surface area contributed by atoms with E-state index in [9.17, 15) is 9.59 Å². The van der Waals surface area contributed by atoms with Gasteiger partial charge in [0.25, 0.3) is 0 Å². The van der Waals surface area contributed by atoms with Crippen LogP contribution in [-0.2, 0) is 19.1 Å². The average Bonchev–Trinajstić information content (AvgIpc) is 2.78. The molecule has 0 aromatic carbocycles. The molecule has 0 aromatic rings. The van der Waals surface area contributed by atoms with Crippen LogP contribution in [-0.4, -0.2) is 49.7 Å². The zero-order valence-corrected chi connectivity index (χ0v) is 11.7. The summed E-state index contributed by atoms with van der Waals surface area (Å²) in [5.74, 6) is 0.239. The number of fused-ring (bicyclic) bond motifs is 2. The number of hydrogen-bond donors (Lipinski definition) is 0. The van der Waals surface area contributed by atoms with Crippen molar-refractivity contribution in [1.29, 1.82) is 0 Å². The van der Waals surface area contributed by atoms with E-state index in [0.717, 1.165) is 29.7 Å². The van der Waals surface area contributed by atoms with Crippen LogP contribution in [0, 0.1) is 0 Å². The number of ether oxygens (including phenoxy) is 2. The molecule has 2 atom stereocenters. The Morgan fingerprint density at radius 1 is 1.30 bits per heavy atom. The highest BCUT2D eigenvalue weighted by molar-refractivity contribution is 6.18. The summed E-state index contributed by atoms with van der Waals surface area (Å²) in [5.41, 5.74) is 2.63. The topological polar surface area (TPSA) is 65.0 Å². The molecule has 0 radical (unpaired) electrons. The summed E-state index contributed by atoms with van der Waals surface area (Å²) >= 11 is 0. The van der Waals surface area contributed by atoms with Crippen LogP contribution in [0.4, 0.5) is 0 Å². The van der Waals surface area contributed by atoms with Crippen LogP contribution < -0.4 is 0 Å². The van der Waals surface area contributed by atoms with Crippen molar-refractivity contribution in [3.63, 3.8) is 0 Å². The highest BCUT2D eigenvalue weighted by atomic mass is 16.5. The lowest BCUT2D eigenvalue weighted by Gasteiger charge is -2.24. The summed E-state index contributed by atoms with van der Waals surface area (Å²) < 4.78 is 10.5. The second-order valence-electron chi connectivity index (χ2n) is 5.50. The summed E-state index contributed by atoms with van der Waals surface area (Å²) in [6.07, 6.45) is 2.80. The van der Waals surface area contributed by atoms with Crippen molar-refractivity contribution in [2.75, 3.05) is 20.3 Å². The van der Waals surface area contributed by atoms with Crippen LogP contribution in [0.2, 0.25) is 0 Å². The van der Waals surface area contributed by atoms with Crippen molar-refractivity contribution in [2.24, 2.45) is 4.99 Å². The number of rotatable bonds is 4. The highest BCUT2D eigenvalue weighted by Crippen LogP contribution is 2.37. The minimum atomic E-state index is -0.427. The van der Waals surface area contributed by atoms with Crippen molar-refractivity contribution < 1.29 is 19.1 Å². The van der Waals surface area contributed by atoms with E-state index in [1.54, 1.807) is 7.11 Å². The van der Waals surface area contributed by atoms with Gasteiger partial charge in [0.2, 0.25) is 0 Å². The van der Waals surface area contributed by atoms with E-state index in [-0.39, 0.29) is 17.6 Å². The van der Waals surface area contributed by atoms with Gasteiger partial charge in [-0.15, -0.1) is 0 Å². The second kappa shape index (κ2) is 5.58. The van der Waals surface area contributed by atoms with Crippen LogP contribution >= 0.6 is 0 Å². The molecule has 2 fully saturated rings. The summed E-state index contributed by atoms with van der Waals surface area (Å²) in [4.78, 5) is 28.8. The van der Waals surface area contributed by atoms with E-state index in [4.69, 9.17) is 9.47 Å². The molecule has 0 saturated heterocycles. The first-order chi connectivity index (χ1) is 9.70. The first-order valence-corrected chi connectivity index (χ1v) is 7.17. The minimum absolute atomic E-state index is 0.00627. The molecular weight excluding hydrogens is 258 g/mol. The van der Waals surface area contributed by atoms with Crippen molar-refractivity contribution in [2.45, 2.75) is 44.2 Å². The maximum Gasteiger partial charge on any atom is 0.166 e. The summed E-state index contributed by atoms with van der Waals surface area (Å²) in [6.45, 7) is 0.889. The molecule has 0 N–H and O–H groups in total. The Labute approximate surface area is 118 Å². The van der Waals surface area contributed by atoms with E-state index in [1.807, 2.05) is 0 Å². The molecule has 3 rings (SSSR count). The molecule has 0 amide bonds. The third-order valence-corrected chi connectivity index (χ3v) is 4.20. The number of carbonyl (C=O) groups is 2. The van der Waals surface area contributed by atoms with E-state index >= 15 is 0 Å². The van der Waals surface area contributed by atoms with Crippen LogP contribution in [0.3, 0.4) is 0 Å². The normalized spacial score (nSPS) is 29.4. The molecule has 1 aliphatic heterocycles. The molecule has 0 bridgehead atoms. The lowest BCUT2D eigenvalue weighted by atomic mass is 9.82. The lowest BCUT2D eigenvalue weighted by molar-refractivity contribution is -0.130. The fourth-order valence-electron chi connectivity index (χ4n) is 3.22. The second-order valence-corrected chi connectivity index (χ2v) is 5.50. The first-order valence-electron chi connectivity index (χ1n) is 7.17. The highest BCUT2D eigenvalue weighted by Gasteiger charge is 2.40. The van der Waals surface area contributed by atoms with Gasteiger partial charge in [0.15, 0.2) is 11.6 Å². The average molecular weight is 277 g/mol. The number of Topliss-reactive ketones (excluding diaryl/α,β-unsaturated/α-hetero) is 2. The van der Waals surface area contributed by atoms with Gasteiger partial charge in [0.05, 0.1) is 19.3 Å². The number of allylic oxidation sites excluding steroid dienone is 1. The van der Waals surface area contributed by atoms with Crippen molar-refractivity contribution >= 4 is 17.3 Å². The predicted octanol–water partition coefficient (Wildman–Crippen LogP) is 1.25. The van der Waals surface area contributed by atoms with Crippen LogP contribution in [0.25, 0.3) is 0 Å². The molecule has 3 aliphatic rings. The SMILES string of the molecule is COCCOC1CC2=NC3CCCC(=O)C3=C2CC1=O. The van der Waals surface area contributed by atoms with Crippen molar-refractivity contribution in [3.8, 4) is 0 Å². The van der Waals surface area contributed by atoms with Crippen molar-refractivity contribution in [1.82, 2.24) is 0 Å². The molecule has 5 nitrogen and oxygen atoms in total. The van der Waals surface area contributed by atoms with Gasteiger partial charge in [0.1, 0.15) is 6.10 Å². The van der Waals surface area contributed by atoms with Crippen LogP contribution in [0.1, 0.15) is 32.1 Å². The van der Waals surface area contributed by atoms with Crippen molar-refractivity contribution in [3.05, 3.63) is 11.1 Å². The van der Waals surface area contributed by atoms with Gasteiger partial charge in [-0.2, -0.15) is 0 Å². The molecule has 2 aliphatic carbocycles. The van der Waals surface area contributed by atoms with E-state index in [2.05, 4.69) is 4.99 Å². The number of aliphatic imine (C=N–C) groups is 1. The molecule has 0 spiro atoms. The van der Waals surface area contributed by atoms with Gasteiger partial charge in [0, 0.05) is 37.7 Å². The van der Waals surface area contributed by atoms with E-state index < -0.39 is 6.10 Å². The first kappa shape index (κ1) is 13.6. The smallest absolute Gasteiger partial charge is 0.166 e. The fourth-order valence-corrected chi connectivity index (χ4v) is 3.22. The Morgan fingerprint density at radius 2 is 2.15 bits per heavy atom. The molecule has 1 heterocycles. The van der Waals surface area contributed by atoms with Gasteiger partial charge in [-0.25, -0.2) is 0 Å². The van der Waals surface area contributed by atoms with Crippen LogP contribution in [0.5, 0.6) is 0 Å². The largest absolute Gasteiger partial charge is 0.382 e. The van der Waals surface area contributed by atoms with Gasteiger partial charge < -0.3 is 9.47 Å². The third-order valence-electron chi connectivity index (χ3n) is 4.20. The molecule has 0 aromatic heterocycles. The summed E-state index contributed by atoms with van der Waals surface area (Å²) in [6, 6.07) is 0.00627. The zero-order chi connectivity index (χ0) is 14.1. The number of methoxy groups -OCH3 is 1. The summed E-state index contributed by atoms with van der Waals surface area (Å²) in [7, 11) is 1.60. The monoisotopic (exact) mass is 277 g/mol. The molecular formula is C15H19NO4.